The quantitative estimate of drug-likeness (QED) is 0.234. The first-order valence-electron chi connectivity index (χ1n) is 10.0. The second kappa shape index (κ2) is 13.6. The summed E-state index contributed by atoms with van der Waals surface area (Å²) in [5.41, 5.74) is 2.49. The minimum atomic E-state index is 0. The number of aliphatic imine (C=N–C) groups is 1. The molecule has 1 fully saturated rings. The van der Waals surface area contributed by atoms with Crippen molar-refractivity contribution < 1.29 is 9.47 Å². The van der Waals surface area contributed by atoms with Crippen LogP contribution in [-0.2, 0) is 22.6 Å². The van der Waals surface area contributed by atoms with E-state index in [-0.39, 0.29) is 24.0 Å². The Morgan fingerprint density at radius 3 is 2.72 bits per heavy atom. The smallest absolute Gasteiger partial charge is 0.191 e. The summed E-state index contributed by atoms with van der Waals surface area (Å²) in [6.45, 7) is 4.72. The highest BCUT2D eigenvalue weighted by atomic mass is 127. The fourth-order valence-electron chi connectivity index (χ4n) is 3.22. The Bertz CT molecular complexity index is 718. The zero-order chi connectivity index (χ0) is 19.4. The maximum absolute atomic E-state index is 5.90. The summed E-state index contributed by atoms with van der Waals surface area (Å²) in [7, 11) is 1.80. The van der Waals surface area contributed by atoms with Gasteiger partial charge in [-0.3, -0.25) is 9.67 Å². The van der Waals surface area contributed by atoms with E-state index in [2.05, 4.69) is 45.0 Å². The first-order chi connectivity index (χ1) is 13.8. The third kappa shape index (κ3) is 8.31. The third-order valence-corrected chi connectivity index (χ3v) is 4.82. The number of guanidine groups is 1. The van der Waals surface area contributed by atoms with Crippen molar-refractivity contribution in [3.63, 3.8) is 0 Å². The number of nitrogens with one attached hydrogen (secondary N) is 2. The van der Waals surface area contributed by atoms with Crippen LogP contribution in [0.3, 0.4) is 0 Å². The van der Waals surface area contributed by atoms with E-state index in [9.17, 15) is 0 Å². The molecule has 1 aromatic carbocycles. The highest BCUT2D eigenvalue weighted by Crippen LogP contribution is 2.11. The highest BCUT2D eigenvalue weighted by molar-refractivity contribution is 14.0. The van der Waals surface area contributed by atoms with Crippen molar-refractivity contribution >= 4 is 29.9 Å². The first-order valence-corrected chi connectivity index (χ1v) is 10.0. The van der Waals surface area contributed by atoms with Gasteiger partial charge < -0.3 is 20.1 Å². The Hall–Kier alpha value is -1.65. The number of nitrogens with zero attached hydrogens (tertiary/aromatic N) is 3. The summed E-state index contributed by atoms with van der Waals surface area (Å²) in [4.78, 5) is 4.32. The number of aromatic nitrogens is 2. The summed E-state index contributed by atoms with van der Waals surface area (Å²) < 4.78 is 13.2. The fraction of sp³-hybridized carbons (Fsp3) is 0.524. The number of halogens is 1. The van der Waals surface area contributed by atoms with Crippen LogP contribution in [0.2, 0.25) is 0 Å². The number of rotatable bonds is 9. The molecule has 3 rings (SSSR count). The molecule has 0 saturated carbocycles. The van der Waals surface area contributed by atoms with E-state index in [1.807, 2.05) is 16.9 Å². The van der Waals surface area contributed by atoms with Crippen molar-refractivity contribution in [2.45, 2.75) is 38.5 Å². The lowest BCUT2D eigenvalue weighted by Gasteiger charge is -2.22. The molecule has 0 amide bonds. The molecule has 0 unspecified atom stereocenters. The lowest BCUT2D eigenvalue weighted by Crippen LogP contribution is -2.38. The second-order valence-corrected chi connectivity index (χ2v) is 6.86. The monoisotopic (exact) mass is 513 g/mol. The van der Waals surface area contributed by atoms with Gasteiger partial charge in [-0.25, -0.2) is 0 Å². The van der Waals surface area contributed by atoms with Gasteiger partial charge in [0.15, 0.2) is 5.96 Å². The molecule has 29 heavy (non-hydrogen) atoms. The van der Waals surface area contributed by atoms with Crippen molar-refractivity contribution in [1.29, 1.82) is 0 Å². The second-order valence-electron chi connectivity index (χ2n) is 6.86. The molecule has 0 radical (unpaired) electrons. The molecule has 2 N–H and O–H groups in total. The molecular weight excluding hydrogens is 481 g/mol. The van der Waals surface area contributed by atoms with Crippen LogP contribution in [-0.4, -0.2) is 55.3 Å². The molecular formula is C21H32IN5O2. The van der Waals surface area contributed by atoms with Crippen LogP contribution in [0.4, 0.5) is 0 Å². The average molecular weight is 513 g/mol. The zero-order valence-corrected chi connectivity index (χ0v) is 19.4. The SMILES string of the molecule is CN=C(NCCCOC1CCOCC1)NCc1ccccc1Cn1cccn1.I. The van der Waals surface area contributed by atoms with Gasteiger partial charge in [-0.1, -0.05) is 24.3 Å². The van der Waals surface area contributed by atoms with Crippen LogP contribution in [0.25, 0.3) is 0 Å². The van der Waals surface area contributed by atoms with Crippen LogP contribution in [0.15, 0.2) is 47.7 Å². The van der Waals surface area contributed by atoms with Crippen LogP contribution >= 0.6 is 24.0 Å². The van der Waals surface area contributed by atoms with Crippen molar-refractivity contribution in [2.24, 2.45) is 4.99 Å². The maximum Gasteiger partial charge on any atom is 0.191 e. The third-order valence-electron chi connectivity index (χ3n) is 4.82. The van der Waals surface area contributed by atoms with Gasteiger partial charge in [0, 0.05) is 52.4 Å². The Balaban J connectivity index is 0.00000300. The Morgan fingerprint density at radius 1 is 1.21 bits per heavy atom. The number of benzene rings is 1. The van der Waals surface area contributed by atoms with Gasteiger partial charge in [0.1, 0.15) is 0 Å². The van der Waals surface area contributed by atoms with Crippen molar-refractivity contribution in [3.05, 3.63) is 53.9 Å². The fourth-order valence-corrected chi connectivity index (χ4v) is 3.22. The molecule has 0 aliphatic carbocycles. The molecule has 2 heterocycles. The minimum absolute atomic E-state index is 0. The minimum Gasteiger partial charge on any atom is -0.381 e. The molecule has 0 atom stereocenters. The van der Waals surface area contributed by atoms with Gasteiger partial charge in [-0.2, -0.15) is 5.10 Å². The average Bonchev–Trinajstić information content (AvgIpc) is 3.25. The summed E-state index contributed by atoms with van der Waals surface area (Å²) >= 11 is 0. The molecule has 2 aromatic rings. The van der Waals surface area contributed by atoms with E-state index in [1.165, 1.54) is 11.1 Å². The molecule has 160 valence electrons. The Kier molecular flexibility index (Phi) is 11.0. The first kappa shape index (κ1) is 23.6. The van der Waals surface area contributed by atoms with Crippen molar-refractivity contribution in [2.75, 3.05) is 33.4 Å². The molecule has 8 heteroatoms. The maximum atomic E-state index is 5.90. The summed E-state index contributed by atoms with van der Waals surface area (Å²) in [5.74, 6) is 0.806. The summed E-state index contributed by atoms with van der Waals surface area (Å²) in [6, 6.07) is 10.4. The van der Waals surface area contributed by atoms with Gasteiger partial charge in [0.25, 0.3) is 0 Å². The lowest BCUT2D eigenvalue weighted by atomic mass is 10.1. The van der Waals surface area contributed by atoms with E-state index < -0.39 is 0 Å². The molecule has 1 aliphatic rings. The van der Waals surface area contributed by atoms with E-state index >= 15 is 0 Å². The molecule has 1 aromatic heterocycles. The van der Waals surface area contributed by atoms with E-state index in [0.29, 0.717) is 6.10 Å². The molecule has 7 nitrogen and oxygen atoms in total. The van der Waals surface area contributed by atoms with Gasteiger partial charge in [-0.05, 0) is 36.5 Å². The van der Waals surface area contributed by atoms with Gasteiger partial charge in [0.2, 0.25) is 0 Å². The van der Waals surface area contributed by atoms with E-state index in [1.54, 1.807) is 13.2 Å². The Morgan fingerprint density at radius 2 is 2.00 bits per heavy atom. The summed E-state index contributed by atoms with van der Waals surface area (Å²) in [5, 5.41) is 11.1. The number of hydrogen-bond acceptors (Lipinski definition) is 4. The summed E-state index contributed by atoms with van der Waals surface area (Å²) in [6.07, 6.45) is 7.11. The Labute approximate surface area is 190 Å². The topological polar surface area (TPSA) is 72.7 Å². The molecule has 0 bridgehead atoms. The van der Waals surface area contributed by atoms with Crippen molar-refractivity contribution in [1.82, 2.24) is 20.4 Å². The van der Waals surface area contributed by atoms with Gasteiger partial charge >= 0.3 is 0 Å². The van der Waals surface area contributed by atoms with E-state index in [0.717, 1.165) is 64.7 Å². The highest BCUT2D eigenvalue weighted by Gasteiger charge is 2.13. The predicted octanol–water partition coefficient (Wildman–Crippen LogP) is 2.80. The zero-order valence-electron chi connectivity index (χ0n) is 17.0. The number of ether oxygens (including phenoxy) is 2. The number of hydrogen-bond donors (Lipinski definition) is 2. The standard InChI is InChI=1S/C21H31N5O2.HI/c1-22-21(23-10-5-13-28-20-8-14-27-15-9-20)24-16-18-6-2-3-7-19(18)17-26-12-4-11-25-26;/h2-4,6-7,11-12,20H,5,8-10,13-17H2,1H3,(H2,22,23,24);1H. The normalized spacial score (nSPS) is 15.0. The predicted molar refractivity (Wildman–Crippen MR) is 126 cm³/mol. The molecule has 0 spiro atoms. The largest absolute Gasteiger partial charge is 0.381 e. The van der Waals surface area contributed by atoms with Crippen LogP contribution in [0.1, 0.15) is 30.4 Å². The molecule has 1 aliphatic heterocycles. The van der Waals surface area contributed by atoms with Crippen LogP contribution < -0.4 is 10.6 Å². The molecule has 1 saturated heterocycles. The lowest BCUT2D eigenvalue weighted by molar-refractivity contribution is -0.0320. The van der Waals surface area contributed by atoms with Crippen LogP contribution in [0.5, 0.6) is 0 Å². The van der Waals surface area contributed by atoms with Gasteiger partial charge in [0.05, 0.1) is 12.6 Å². The van der Waals surface area contributed by atoms with Crippen LogP contribution in [0, 0.1) is 0 Å². The van der Waals surface area contributed by atoms with E-state index in [4.69, 9.17) is 9.47 Å². The van der Waals surface area contributed by atoms with Gasteiger partial charge in [-0.15, -0.1) is 24.0 Å². The van der Waals surface area contributed by atoms with Crippen molar-refractivity contribution in [3.8, 4) is 0 Å².